The minimum Gasteiger partial charge on any atom is -0.360 e. The van der Waals surface area contributed by atoms with Crippen LogP contribution in [0.15, 0.2) is 64.7 Å². The van der Waals surface area contributed by atoms with Crippen molar-refractivity contribution in [3.8, 4) is 0 Å². The van der Waals surface area contributed by atoms with Crippen LogP contribution in [0.3, 0.4) is 0 Å². The molecule has 2 aromatic heterocycles. The number of hydrogen-bond donors (Lipinski definition) is 1. The first-order valence-electron chi connectivity index (χ1n) is 9.25. The summed E-state index contributed by atoms with van der Waals surface area (Å²) in [5, 5.41) is 1.69. The van der Waals surface area contributed by atoms with E-state index in [-0.39, 0.29) is 22.6 Å². The van der Waals surface area contributed by atoms with Gasteiger partial charge in [-0.1, -0.05) is 42.1 Å². The highest BCUT2D eigenvalue weighted by Crippen LogP contribution is 2.29. The molecule has 0 saturated carbocycles. The maximum absolute atomic E-state index is 13.1. The van der Waals surface area contributed by atoms with Crippen LogP contribution in [0.25, 0.3) is 21.8 Å². The standard InChI is InChI=1S/C22H21N3O2S/c1-13(2)25-21(27)16-9-5-7-11-19(16)24-22(25)28-14(3)20(26)17-12-23-18-10-6-4-8-15(17)18/h4-14,23H,1-3H3/t14-/m1/s1. The first-order chi connectivity index (χ1) is 13.5. The van der Waals surface area contributed by atoms with Crippen LogP contribution in [0, 0.1) is 0 Å². The molecule has 0 saturated heterocycles. The Kier molecular flexibility index (Phi) is 4.81. The van der Waals surface area contributed by atoms with E-state index in [0.717, 1.165) is 10.9 Å². The first kappa shape index (κ1) is 18.5. The molecule has 0 amide bonds. The number of benzene rings is 2. The predicted molar refractivity (Wildman–Crippen MR) is 114 cm³/mol. The van der Waals surface area contributed by atoms with Gasteiger partial charge in [-0.3, -0.25) is 14.2 Å². The van der Waals surface area contributed by atoms with Crippen molar-refractivity contribution in [1.29, 1.82) is 0 Å². The predicted octanol–water partition coefficient (Wildman–Crippen LogP) is 4.82. The van der Waals surface area contributed by atoms with Gasteiger partial charge in [-0.25, -0.2) is 4.98 Å². The zero-order valence-corrected chi connectivity index (χ0v) is 16.8. The Morgan fingerprint density at radius 3 is 2.46 bits per heavy atom. The third-order valence-electron chi connectivity index (χ3n) is 4.80. The quantitative estimate of drug-likeness (QED) is 0.301. The molecule has 4 rings (SSSR count). The molecule has 5 nitrogen and oxygen atoms in total. The molecule has 28 heavy (non-hydrogen) atoms. The van der Waals surface area contributed by atoms with Gasteiger partial charge in [0, 0.05) is 28.7 Å². The van der Waals surface area contributed by atoms with E-state index in [2.05, 4.69) is 9.97 Å². The van der Waals surface area contributed by atoms with Gasteiger partial charge in [0.25, 0.3) is 5.56 Å². The van der Waals surface area contributed by atoms with Gasteiger partial charge >= 0.3 is 0 Å². The Balaban J connectivity index is 1.74. The Morgan fingerprint density at radius 1 is 1.04 bits per heavy atom. The number of para-hydroxylation sites is 2. The Bertz CT molecular complexity index is 1240. The number of aromatic nitrogens is 3. The van der Waals surface area contributed by atoms with Crippen LogP contribution in [-0.4, -0.2) is 25.6 Å². The topological polar surface area (TPSA) is 67.8 Å². The Morgan fingerprint density at radius 2 is 1.71 bits per heavy atom. The van der Waals surface area contributed by atoms with E-state index < -0.39 is 0 Å². The van der Waals surface area contributed by atoms with Crippen LogP contribution < -0.4 is 5.56 Å². The van der Waals surface area contributed by atoms with E-state index in [9.17, 15) is 9.59 Å². The highest BCUT2D eigenvalue weighted by molar-refractivity contribution is 8.00. The molecule has 0 unspecified atom stereocenters. The molecule has 4 aromatic rings. The van der Waals surface area contributed by atoms with E-state index in [1.165, 1.54) is 11.8 Å². The van der Waals surface area contributed by atoms with Crippen molar-refractivity contribution >= 4 is 39.4 Å². The highest BCUT2D eigenvalue weighted by Gasteiger charge is 2.23. The van der Waals surface area contributed by atoms with Crippen LogP contribution in [0.4, 0.5) is 0 Å². The number of hydrogen-bond acceptors (Lipinski definition) is 4. The summed E-state index contributed by atoms with van der Waals surface area (Å²) in [6.45, 7) is 5.77. The van der Waals surface area contributed by atoms with Crippen molar-refractivity contribution in [2.75, 3.05) is 0 Å². The van der Waals surface area contributed by atoms with Crippen LogP contribution in [0.5, 0.6) is 0 Å². The van der Waals surface area contributed by atoms with Crippen molar-refractivity contribution in [3.63, 3.8) is 0 Å². The summed E-state index contributed by atoms with van der Waals surface area (Å²) in [5.41, 5.74) is 2.18. The smallest absolute Gasteiger partial charge is 0.262 e. The first-order valence-corrected chi connectivity index (χ1v) is 10.1. The third kappa shape index (κ3) is 3.14. The number of ketones is 1. The maximum Gasteiger partial charge on any atom is 0.262 e. The van der Waals surface area contributed by atoms with Gasteiger partial charge in [-0.15, -0.1) is 0 Å². The number of carbonyl (C=O) groups is 1. The number of thioether (sulfide) groups is 1. The number of carbonyl (C=O) groups excluding carboxylic acids is 1. The second-order valence-electron chi connectivity index (χ2n) is 7.05. The number of nitrogens with one attached hydrogen (secondary N) is 1. The zero-order valence-electron chi connectivity index (χ0n) is 16.0. The van der Waals surface area contributed by atoms with Gasteiger partial charge in [0.05, 0.1) is 16.2 Å². The summed E-state index contributed by atoms with van der Waals surface area (Å²) < 4.78 is 1.67. The fourth-order valence-electron chi connectivity index (χ4n) is 3.37. The van der Waals surface area contributed by atoms with E-state index >= 15 is 0 Å². The molecule has 0 spiro atoms. The minimum absolute atomic E-state index is 0.0140. The third-order valence-corrected chi connectivity index (χ3v) is 5.86. The van der Waals surface area contributed by atoms with E-state index in [0.29, 0.717) is 21.6 Å². The number of H-pyrrole nitrogens is 1. The number of aromatic amines is 1. The van der Waals surface area contributed by atoms with E-state index in [1.807, 2.05) is 63.2 Å². The van der Waals surface area contributed by atoms with Gasteiger partial charge in [-0.05, 0) is 39.0 Å². The normalized spacial score (nSPS) is 12.7. The fraction of sp³-hybridized carbons (Fsp3) is 0.227. The number of Topliss-reactive ketones (excluding diaryl/α,β-unsaturated/α-hetero) is 1. The highest BCUT2D eigenvalue weighted by atomic mass is 32.2. The monoisotopic (exact) mass is 391 g/mol. The molecule has 0 aliphatic heterocycles. The fourth-order valence-corrected chi connectivity index (χ4v) is 4.48. The van der Waals surface area contributed by atoms with Crippen LogP contribution in [0.1, 0.15) is 37.2 Å². The molecule has 0 bridgehead atoms. The van der Waals surface area contributed by atoms with E-state index in [4.69, 9.17) is 0 Å². The second-order valence-corrected chi connectivity index (χ2v) is 8.36. The lowest BCUT2D eigenvalue weighted by molar-refractivity contribution is 0.0995. The molecule has 0 radical (unpaired) electrons. The average Bonchev–Trinajstić information content (AvgIpc) is 3.11. The van der Waals surface area contributed by atoms with Gasteiger partial charge in [0.2, 0.25) is 0 Å². The molecule has 0 aliphatic rings. The lowest BCUT2D eigenvalue weighted by atomic mass is 10.1. The van der Waals surface area contributed by atoms with Crippen molar-refractivity contribution in [2.24, 2.45) is 0 Å². The van der Waals surface area contributed by atoms with Gasteiger partial charge in [0.1, 0.15) is 0 Å². The second kappa shape index (κ2) is 7.28. The SMILES string of the molecule is CC(C)n1c(S[C@H](C)C(=O)c2c[nH]c3ccccc23)nc2ccccc2c1=O. The number of nitrogens with zero attached hydrogens (tertiary/aromatic N) is 2. The van der Waals surface area contributed by atoms with Crippen LogP contribution in [-0.2, 0) is 0 Å². The summed E-state index contributed by atoms with van der Waals surface area (Å²) in [7, 11) is 0. The molecule has 1 atom stereocenters. The average molecular weight is 391 g/mol. The molecule has 142 valence electrons. The summed E-state index contributed by atoms with van der Waals surface area (Å²) in [4.78, 5) is 33.9. The lowest BCUT2D eigenvalue weighted by Crippen LogP contribution is -2.26. The number of fused-ring (bicyclic) bond motifs is 2. The Labute approximate surface area is 166 Å². The molecular formula is C22H21N3O2S. The van der Waals surface area contributed by atoms with Crippen molar-refractivity contribution in [2.45, 2.75) is 37.2 Å². The summed E-state index contributed by atoms with van der Waals surface area (Å²) in [6, 6.07) is 15.0. The summed E-state index contributed by atoms with van der Waals surface area (Å²) in [6.07, 6.45) is 1.76. The van der Waals surface area contributed by atoms with Crippen molar-refractivity contribution < 1.29 is 4.79 Å². The molecule has 0 aliphatic carbocycles. The van der Waals surface area contributed by atoms with Gasteiger partial charge in [0.15, 0.2) is 10.9 Å². The van der Waals surface area contributed by atoms with Crippen LogP contribution >= 0.6 is 11.8 Å². The number of rotatable bonds is 5. The molecule has 0 fully saturated rings. The largest absolute Gasteiger partial charge is 0.360 e. The molecule has 2 heterocycles. The van der Waals surface area contributed by atoms with Crippen molar-refractivity contribution in [1.82, 2.24) is 14.5 Å². The lowest BCUT2D eigenvalue weighted by Gasteiger charge is -2.18. The molecular weight excluding hydrogens is 370 g/mol. The summed E-state index contributed by atoms with van der Waals surface area (Å²) >= 11 is 1.33. The molecule has 1 N–H and O–H groups in total. The maximum atomic E-state index is 13.1. The zero-order chi connectivity index (χ0) is 19.8. The minimum atomic E-state index is -0.378. The Hall–Kier alpha value is -2.86. The van der Waals surface area contributed by atoms with E-state index in [1.54, 1.807) is 16.8 Å². The van der Waals surface area contributed by atoms with Crippen molar-refractivity contribution in [3.05, 3.63) is 70.6 Å². The van der Waals surface area contributed by atoms with Gasteiger partial charge in [-0.2, -0.15) is 0 Å². The van der Waals surface area contributed by atoms with Crippen LogP contribution in [0.2, 0.25) is 0 Å². The molecule has 2 aromatic carbocycles. The molecule has 6 heteroatoms. The van der Waals surface area contributed by atoms with Gasteiger partial charge < -0.3 is 4.98 Å². The summed E-state index contributed by atoms with van der Waals surface area (Å²) in [5.74, 6) is 0.0140.